The predicted octanol–water partition coefficient (Wildman–Crippen LogP) is 0.796. The molecule has 2 rings (SSSR count). The first-order valence-electron chi connectivity index (χ1n) is 6.90. The summed E-state index contributed by atoms with van der Waals surface area (Å²) < 4.78 is 24.1. The van der Waals surface area contributed by atoms with Crippen molar-refractivity contribution in [3.05, 3.63) is 16.4 Å². The number of anilines is 1. The van der Waals surface area contributed by atoms with E-state index in [0.29, 0.717) is 28.0 Å². The van der Waals surface area contributed by atoms with Gasteiger partial charge in [0, 0.05) is 19.3 Å². The molecule has 0 aliphatic carbocycles. The van der Waals surface area contributed by atoms with Gasteiger partial charge in [0.25, 0.3) is 5.91 Å². The third kappa shape index (κ3) is 4.68. The molecule has 0 saturated heterocycles. The molecule has 0 fully saturated rings. The molecule has 12 heteroatoms. The second-order valence-electron chi connectivity index (χ2n) is 4.95. The minimum absolute atomic E-state index is 0.269. The molecule has 132 valence electrons. The minimum atomic E-state index is -3.41. The van der Waals surface area contributed by atoms with Gasteiger partial charge in [-0.2, -0.15) is 0 Å². The van der Waals surface area contributed by atoms with Gasteiger partial charge in [0.05, 0.1) is 11.9 Å². The highest BCUT2D eigenvalue weighted by molar-refractivity contribution is 7.99. The number of hydrogen-bond donors (Lipinski definition) is 2. The average Bonchev–Trinajstić information content (AvgIpc) is 3.07. The number of nitrogens with zero attached hydrogens (tertiary/aromatic N) is 4. The molecule has 2 aromatic heterocycles. The Balaban J connectivity index is 1.91. The summed E-state index contributed by atoms with van der Waals surface area (Å²) in [5.41, 5.74) is 0.500. The third-order valence-electron chi connectivity index (χ3n) is 2.95. The van der Waals surface area contributed by atoms with Crippen LogP contribution in [0.25, 0.3) is 0 Å². The monoisotopic (exact) mass is 390 g/mol. The molecule has 0 aliphatic heterocycles. The van der Waals surface area contributed by atoms with Crippen molar-refractivity contribution >= 4 is 44.2 Å². The zero-order valence-corrected chi connectivity index (χ0v) is 16.1. The SMILES string of the molecule is Cc1nc(SCCNC(=O)c2sc(N(C)S(C)(=O)=O)nc2C)n[nH]1. The minimum Gasteiger partial charge on any atom is -0.350 e. The van der Waals surface area contributed by atoms with Crippen molar-refractivity contribution in [2.75, 3.05) is 29.9 Å². The van der Waals surface area contributed by atoms with Gasteiger partial charge >= 0.3 is 0 Å². The molecule has 9 nitrogen and oxygen atoms in total. The fraction of sp³-hybridized carbons (Fsp3) is 0.500. The lowest BCUT2D eigenvalue weighted by Crippen LogP contribution is -2.25. The number of thioether (sulfide) groups is 1. The molecule has 0 bridgehead atoms. The Hall–Kier alpha value is -1.66. The van der Waals surface area contributed by atoms with Crippen LogP contribution < -0.4 is 9.62 Å². The lowest BCUT2D eigenvalue weighted by molar-refractivity contribution is 0.0959. The average molecular weight is 391 g/mol. The molecule has 0 aliphatic rings. The molecule has 0 aromatic carbocycles. The van der Waals surface area contributed by atoms with E-state index >= 15 is 0 Å². The van der Waals surface area contributed by atoms with Crippen molar-refractivity contribution in [3.63, 3.8) is 0 Å². The number of carbonyl (C=O) groups excluding carboxylic acids is 1. The van der Waals surface area contributed by atoms with E-state index in [1.165, 1.54) is 18.8 Å². The number of aromatic amines is 1. The molecule has 2 aromatic rings. The highest BCUT2D eigenvalue weighted by Crippen LogP contribution is 2.26. The summed E-state index contributed by atoms with van der Waals surface area (Å²) in [6.45, 7) is 3.93. The maximum atomic E-state index is 12.2. The fourth-order valence-corrected chi connectivity index (χ4v) is 4.04. The quantitative estimate of drug-likeness (QED) is 0.530. The zero-order valence-electron chi connectivity index (χ0n) is 13.7. The van der Waals surface area contributed by atoms with E-state index in [1.54, 1.807) is 6.92 Å². The van der Waals surface area contributed by atoms with Gasteiger partial charge < -0.3 is 5.32 Å². The lowest BCUT2D eigenvalue weighted by Gasteiger charge is -2.11. The van der Waals surface area contributed by atoms with Gasteiger partial charge in [-0.05, 0) is 13.8 Å². The highest BCUT2D eigenvalue weighted by Gasteiger charge is 2.21. The second kappa shape index (κ2) is 7.49. The Morgan fingerprint density at radius 3 is 2.67 bits per heavy atom. The van der Waals surface area contributed by atoms with Crippen LogP contribution in [0.3, 0.4) is 0 Å². The molecule has 24 heavy (non-hydrogen) atoms. The first-order valence-corrected chi connectivity index (χ1v) is 10.5. The maximum absolute atomic E-state index is 12.2. The number of carbonyl (C=O) groups is 1. The summed E-state index contributed by atoms with van der Waals surface area (Å²) in [7, 11) is -2.00. The van der Waals surface area contributed by atoms with Gasteiger partial charge in [-0.3, -0.25) is 9.89 Å². The smallest absolute Gasteiger partial charge is 0.263 e. The molecular formula is C12H18N6O3S3. The second-order valence-corrected chi connectivity index (χ2v) is 9.00. The molecular weight excluding hydrogens is 372 g/mol. The van der Waals surface area contributed by atoms with Gasteiger partial charge in [-0.15, -0.1) is 5.10 Å². The lowest BCUT2D eigenvalue weighted by atomic mass is 10.4. The summed E-state index contributed by atoms with van der Waals surface area (Å²) in [5.74, 6) is 1.09. The summed E-state index contributed by atoms with van der Waals surface area (Å²) in [6, 6.07) is 0. The molecule has 0 atom stereocenters. The van der Waals surface area contributed by atoms with E-state index in [-0.39, 0.29) is 11.0 Å². The van der Waals surface area contributed by atoms with Crippen LogP contribution in [-0.4, -0.2) is 60.1 Å². The van der Waals surface area contributed by atoms with E-state index in [4.69, 9.17) is 0 Å². The van der Waals surface area contributed by atoms with Crippen molar-refractivity contribution in [3.8, 4) is 0 Å². The first kappa shape index (κ1) is 18.7. The Bertz CT molecular complexity index is 829. The summed E-state index contributed by atoms with van der Waals surface area (Å²) >= 11 is 2.48. The van der Waals surface area contributed by atoms with E-state index in [2.05, 4.69) is 25.5 Å². The first-order chi connectivity index (χ1) is 11.2. The normalized spacial score (nSPS) is 11.5. The topological polar surface area (TPSA) is 121 Å². The van der Waals surface area contributed by atoms with Crippen LogP contribution >= 0.6 is 23.1 Å². The number of hydrogen-bond acceptors (Lipinski definition) is 8. The number of sulfonamides is 1. The largest absolute Gasteiger partial charge is 0.350 e. The molecule has 1 amide bonds. The van der Waals surface area contributed by atoms with Gasteiger partial charge in [0.1, 0.15) is 10.7 Å². The van der Waals surface area contributed by atoms with E-state index in [1.807, 2.05) is 6.92 Å². The summed E-state index contributed by atoms with van der Waals surface area (Å²) in [4.78, 5) is 20.9. The van der Waals surface area contributed by atoms with Gasteiger partial charge in [0.15, 0.2) is 5.13 Å². The summed E-state index contributed by atoms with van der Waals surface area (Å²) in [5, 5.41) is 10.4. The zero-order chi connectivity index (χ0) is 17.9. The van der Waals surface area contributed by atoms with E-state index < -0.39 is 10.0 Å². The molecule has 0 spiro atoms. The van der Waals surface area contributed by atoms with Crippen LogP contribution in [0, 0.1) is 13.8 Å². The van der Waals surface area contributed by atoms with Gasteiger partial charge in [-0.1, -0.05) is 23.1 Å². The molecule has 2 heterocycles. The Kier molecular flexibility index (Phi) is 5.83. The number of thiazole rings is 1. The number of rotatable bonds is 7. The maximum Gasteiger partial charge on any atom is 0.263 e. The van der Waals surface area contributed by atoms with Gasteiger partial charge in [0.2, 0.25) is 15.2 Å². The van der Waals surface area contributed by atoms with Crippen LogP contribution in [0.4, 0.5) is 5.13 Å². The Morgan fingerprint density at radius 1 is 1.38 bits per heavy atom. The molecule has 0 radical (unpaired) electrons. The Morgan fingerprint density at radius 2 is 2.08 bits per heavy atom. The summed E-state index contributed by atoms with van der Waals surface area (Å²) in [6.07, 6.45) is 1.09. The highest BCUT2D eigenvalue weighted by atomic mass is 32.2. The molecule has 0 saturated carbocycles. The number of amides is 1. The standard InChI is InChI=1S/C12H18N6O3S3/c1-7-9(23-12(14-7)18(3)24(4,20)21)10(19)13-5-6-22-11-15-8(2)16-17-11/h5-6H2,1-4H3,(H,13,19)(H,15,16,17). The number of nitrogens with one attached hydrogen (secondary N) is 2. The van der Waals surface area contributed by atoms with Crippen molar-refractivity contribution in [2.45, 2.75) is 19.0 Å². The number of H-pyrrole nitrogens is 1. The van der Waals surface area contributed by atoms with Crippen LogP contribution in [-0.2, 0) is 10.0 Å². The van der Waals surface area contributed by atoms with Crippen molar-refractivity contribution in [2.24, 2.45) is 0 Å². The fourth-order valence-electron chi connectivity index (χ4n) is 1.64. The van der Waals surface area contributed by atoms with Crippen molar-refractivity contribution in [1.29, 1.82) is 0 Å². The van der Waals surface area contributed by atoms with E-state index in [9.17, 15) is 13.2 Å². The number of aryl methyl sites for hydroxylation is 2. The van der Waals surface area contributed by atoms with Crippen LogP contribution in [0.1, 0.15) is 21.2 Å². The molecule has 2 N–H and O–H groups in total. The van der Waals surface area contributed by atoms with E-state index in [0.717, 1.165) is 27.7 Å². The van der Waals surface area contributed by atoms with Crippen LogP contribution in [0.5, 0.6) is 0 Å². The van der Waals surface area contributed by atoms with Crippen LogP contribution in [0.2, 0.25) is 0 Å². The number of aromatic nitrogens is 4. The Labute approximate surface area is 148 Å². The third-order valence-corrected chi connectivity index (χ3v) is 6.32. The molecule has 0 unspecified atom stereocenters. The van der Waals surface area contributed by atoms with Crippen molar-refractivity contribution in [1.82, 2.24) is 25.5 Å². The predicted molar refractivity (Wildman–Crippen MR) is 94.3 cm³/mol. The van der Waals surface area contributed by atoms with Gasteiger partial charge in [-0.25, -0.2) is 22.7 Å². The van der Waals surface area contributed by atoms with Crippen molar-refractivity contribution < 1.29 is 13.2 Å². The van der Waals surface area contributed by atoms with Crippen LogP contribution in [0.15, 0.2) is 5.16 Å².